The standard InChI is InChI=1S/C13H19IN2O2/c1-4-18-13(17)11(12(15)8(2)3)10-7-9(14)5-6-16-10/h5-8,13,17H,4,15H2,1-3H3. The molecule has 0 radical (unpaired) electrons. The predicted molar refractivity (Wildman–Crippen MR) is 80.5 cm³/mol. The molecule has 0 amide bonds. The summed E-state index contributed by atoms with van der Waals surface area (Å²) in [4.78, 5) is 4.26. The topological polar surface area (TPSA) is 68.4 Å². The number of aliphatic hydroxyl groups is 1. The molecule has 0 saturated heterocycles. The molecule has 1 unspecified atom stereocenters. The number of hydrogen-bond acceptors (Lipinski definition) is 4. The number of hydrogen-bond donors (Lipinski definition) is 2. The van der Waals surface area contributed by atoms with E-state index in [2.05, 4.69) is 27.6 Å². The van der Waals surface area contributed by atoms with Crippen molar-refractivity contribution in [2.45, 2.75) is 27.1 Å². The van der Waals surface area contributed by atoms with Crippen LogP contribution in [0.2, 0.25) is 0 Å². The molecule has 1 aromatic rings. The Balaban J connectivity index is 3.25. The Morgan fingerprint density at radius 2 is 2.22 bits per heavy atom. The van der Waals surface area contributed by atoms with Gasteiger partial charge < -0.3 is 15.6 Å². The first-order valence-corrected chi connectivity index (χ1v) is 6.96. The van der Waals surface area contributed by atoms with Gasteiger partial charge in [0.25, 0.3) is 0 Å². The number of halogens is 1. The highest BCUT2D eigenvalue weighted by Crippen LogP contribution is 2.24. The monoisotopic (exact) mass is 362 g/mol. The van der Waals surface area contributed by atoms with E-state index in [1.54, 1.807) is 6.20 Å². The molecule has 1 heterocycles. The summed E-state index contributed by atoms with van der Waals surface area (Å²) >= 11 is 2.20. The second kappa shape index (κ2) is 7.06. The lowest BCUT2D eigenvalue weighted by Gasteiger charge is -2.19. The van der Waals surface area contributed by atoms with E-state index < -0.39 is 6.29 Å². The van der Waals surface area contributed by atoms with Gasteiger partial charge in [-0.3, -0.25) is 4.98 Å². The maximum Gasteiger partial charge on any atom is 0.184 e. The van der Waals surface area contributed by atoms with Crippen LogP contribution in [0.5, 0.6) is 0 Å². The van der Waals surface area contributed by atoms with E-state index in [9.17, 15) is 5.11 Å². The third-order valence-corrected chi connectivity index (χ3v) is 3.17. The highest BCUT2D eigenvalue weighted by molar-refractivity contribution is 14.1. The van der Waals surface area contributed by atoms with E-state index in [-0.39, 0.29) is 5.92 Å². The number of ether oxygens (including phenoxy) is 1. The number of nitrogens with two attached hydrogens (primary N) is 1. The molecule has 0 aliphatic heterocycles. The first-order chi connectivity index (χ1) is 8.47. The molecular formula is C13H19IN2O2. The predicted octanol–water partition coefficient (Wildman–Crippen LogP) is 2.37. The summed E-state index contributed by atoms with van der Waals surface area (Å²) in [5.74, 6) is 0.120. The quantitative estimate of drug-likeness (QED) is 0.623. The van der Waals surface area contributed by atoms with Crippen molar-refractivity contribution in [3.05, 3.63) is 33.3 Å². The van der Waals surface area contributed by atoms with Gasteiger partial charge in [0.05, 0.1) is 11.3 Å². The average Bonchev–Trinajstić information content (AvgIpc) is 2.29. The summed E-state index contributed by atoms with van der Waals surface area (Å²) in [6.45, 7) is 6.19. The van der Waals surface area contributed by atoms with E-state index in [0.717, 1.165) is 3.57 Å². The van der Waals surface area contributed by atoms with Crippen molar-refractivity contribution in [2.24, 2.45) is 11.7 Å². The Labute approximate surface area is 121 Å². The van der Waals surface area contributed by atoms with Crippen LogP contribution in [-0.2, 0) is 4.74 Å². The molecule has 1 atom stereocenters. The summed E-state index contributed by atoms with van der Waals surface area (Å²) < 4.78 is 6.28. The smallest absolute Gasteiger partial charge is 0.184 e. The summed E-state index contributed by atoms with van der Waals surface area (Å²) in [7, 11) is 0. The van der Waals surface area contributed by atoms with Crippen LogP contribution in [-0.4, -0.2) is 23.0 Å². The molecule has 0 aliphatic rings. The van der Waals surface area contributed by atoms with Gasteiger partial charge >= 0.3 is 0 Å². The van der Waals surface area contributed by atoms with Crippen molar-refractivity contribution in [3.8, 4) is 0 Å². The third-order valence-electron chi connectivity index (χ3n) is 2.50. The lowest BCUT2D eigenvalue weighted by atomic mass is 10.0. The maximum absolute atomic E-state index is 10.1. The van der Waals surface area contributed by atoms with E-state index in [0.29, 0.717) is 23.6 Å². The number of rotatable bonds is 5. The van der Waals surface area contributed by atoms with Crippen LogP contribution in [0.4, 0.5) is 0 Å². The molecule has 0 aliphatic carbocycles. The van der Waals surface area contributed by atoms with Crippen molar-refractivity contribution in [3.63, 3.8) is 0 Å². The first kappa shape index (κ1) is 15.4. The lowest BCUT2D eigenvalue weighted by Crippen LogP contribution is -2.21. The van der Waals surface area contributed by atoms with Crippen molar-refractivity contribution in [1.82, 2.24) is 4.98 Å². The molecule has 100 valence electrons. The fourth-order valence-electron chi connectivity index (χ4n) is 1.52. The first-order valence-electron chi connectivity index (χ1n) is 5.88. The molecule has 3 N–H and O–H groups in total. The Kier molecular flexibility index (Phi) is 6.04. The third kappa shape index (κ3) is 3.93. The largest absolute Gasteiger partial charge is 0.401 e. The summed E-state index contributed by atoms with van der Waals surface area (Å²) in [5.41, 5.74) is 7.90. The van der Waals surface area contributed by atoms with Gasteiger partial charge in [-0.25, -0.2) is 0 Å². The average molecular weight is 362 g/mol. The van der Waals surface area contributed by atoms with Crippen molar-refractivity contribution >= 4 is 28.2 Å². The molecular weight excluding hydrogens is 343 g/mol. The Bertz CT molecular complexity index is 433. The van der Waals surface area contributed by atoms with Crippen LogP contribution in [0.25, 0.3) is 5.57 Å². The van der Waals surface area contributed by atoms with E-state index in [4.69, 9.17) is 10.5 Å². The minimum Gasteiger partial charge on any atom is -0.401 e. The van der Waals surface area contributed by atoms with Crippen LogP contribution >= 0.6 is 22.6 Å². The number of aliphatic hydroxyl groups excluding tert-OH is 1. The van der Waals surface area contributed by atoms with Crippen LogP contribution in [0.1, 0.15) is 26.5 Å². The zero-order chi connectivity index (χ0) is 13.7. The van der Waals surface area contributed by atoms with E-state index in [1.807, 2.05) is 32.9 Å². The van der Waals surface area contributed by atoms with Gasteiger partial charge in [-0.2, -0.15) is 0 Å². The minimum atomic E-state index is -1.04. The molecule has 1 rings (SSSR count). The van der Waals surface area contributed by atoms with Crippen molar-refractivity contribution < 1.29 is 9.84 Å². The SMILES string of the molecule is CCOC(O)C(=C(N)C(C)C)c1cc(I)ccn1. The summed E-state index contributed by atoms with van der Waals surface area (Å²) in [6.07, 6.45) is 0.659. The zero-order valence-electron chi connectivity index (χ0n) is 10.9. The lowest BCUT2D eigenvalue weighted by molar-refractivity contribution is -0.0518. The highest BCUT2D eigenvalue weighted by Gasteiger charge is 2.20. The molecule has 5 heteroatoms. The minimum absolute atomic E-state index is 0.120. The van der Waals surface area contributed by atoms with Crippen LogP contribution < -0.4 is 5.73 Å². The van der Waals surface area contributed by atoms with Crippen molar-refractivity contribution in [1.29, 1.82) is 0 Å². The van der Waals surface area contributed by atoms with Gasteiger partial charge in [-0.1, -0.05) is 13.8 Å². The summed E-state index contributed by atoms with van der Waals surface area (Å²) in [6, 6.07) is 3.77. The molecule has 1 aromatic heterocycles. The molecule has 18 heavy (non-hydrogen) atoms. The maximum atomic E-state index is 10.1. The molecule has 0 fully saturated rings. The van der Waals surface area contributed by atoms with Gasteiger partial charge in [0.2, 0.25) is 0 Å². The second-order valence-electron chi connectivity index (χ2n) is 4.19. The Hall–Kier alpha value is -0.660. The fourth-order valence-corrected chi connectivity index (χ4v) is 1.98. The van der Waals surface area contributed by atoms with Gasteiger partial charge in [0, 0.05) is 22.1 Å². The van der Waals surface area contributed by atoms with Gasteiger partial charge in [0.1, 0.15) is 0 Å². The van der Waals surface area contributed by atoms with Crippen LogP contribution in [0.15, 0.2) is 24.0 Å². The Morgan fingerprint density at radius 3 is 2.72 bits per heavy atom. The normalized spacial score (nSPS) is 14.6. The number of pyridine rings is 1. The van der Waals surface area contributed by atoms with Gasteiger partial charge in [-0.15, -0.1) is 0 Å². The van der Waals surface area contributed by atoms with Gasteiger partial charge in [-0.05, 0) is 47.6 Å². The number of aromatic nitrogens is 1. The summed E-state index contributed by atoms with van der Waals surface area (Å²) in [5, 5.41) is 10.1. The molecule has 4 nitrogen and oxygen atoms in total. The van der Waals surface area contributed by atoms with E-state index >= 15 is 0 Å². The van der Waals surface area contributed by atoms with Crippen LogP contribution in [0, 0.1) is 9.49 Å². The molecule has 0 saturated carbocycles. The molecule has 0 bridgehead atoms. The van der Waals surface area contributed by atoms with Crippen molar-refractivity contribution in [2.75, 3.05) is 6.61 Å². The fraction of sp³-hybridized carbons (Fsp3) is 0.462. The number of nitrogens with zero attached hydrogens (tertiary/aromatic N) is 1. The number of allylic oxidation sites excluding steroid dienone is 1. The Morgan fingerprint density at radius 1 is 1.56 bits per heavy atom. The van der Waals surface area contributed by atoms with Crippen LogP contribution in [0.3, 0.4) is 0 Å². The van der Waals surface area contributed by atoms with E-state index in [1.165, 1.54) is 0 Å². The zero-order valence-corrected chi connectivity index (χ0v) is 13.0. The molecule has 0 spiro atoms. The molecule has 0 aromatic carbocycles. The van der Waals surface area contributed by atoms with Gasteiger partial charge in [0.15, 0.2) is 6.29 Å². The highest BCUT2D eigenvalue weighted by atomic mass is 127. The second-order valence-corrected chi connectivity index (χ2v) is 5.44.